The van der Waals surface area contributed by atoms with Crippen LogP contribution in [0.3, 0.4) is 0 Å². The zero-order valence-corrected chi connectivity index (χ0v) is 16.9. The molecule has 1 saturated heterocycles. The Kier molecular flexibility index (Phi) is 5.49. The minimum Gasteiger partial charge on any atom is -0.368 e. The molecule has 0 spiro atoms. The van der Waals surface area contributed by atoms with Crippen LogP contribution in [0, 0.1) is 13.8 Å². The number of amides is 1. The number of carbonyl (C=O) groups is 1. The van der Waals surface area contributed by atoms with Crippen molar-refractivity contribution in [1.82, 2.24) is 9.88 Å². The summed E-state index contributed by atoms with van der Waals surface area (Å²) >= 11 is 0. The van der Waals surface area contributed by atoms with Crippen molar-refractivity contribution in [3.8, 4) is 0 Å². The van der Waals surface area contributed by atoms with E-state index in [9.17, 15) is 9.59 Å². The summed E-state index contributed by atoms with van der Waals surface area (Å²) in [7, 11) is 0. The van der Waals surface area contributed by atoms with E-state index in [0.29, 0.717) is 18.7 Å². The van der Waals surface area contributed by atoms with Crippen molar-refractivity contribution < 1.29 is 9.53 Å². The smallest absolute Gasteiger partial charge is 0.253 e. The molecule has 4 rings (SSSR count). The normalized spacial score (nSPS) is 16.3. The maximum atomic E-state index is 13.1. The van der Waals surface area contributed by atoms with Crippen LogP contribution in [0.2, 0.25) is 0 Å². The van der Waals surface area contributed by atoms with E-state index in [2.05, 4.69) is 4.98 Å². The Morgan fingerprint density at radius 3 is 2.66 bits per heavy atom. The van der Waals surface area contributed by atoms with Crippen LogP contribution in [0.4, 0.5) is 0 Å². The first-order valence-corrected chi connectivity index (χ1v) is 10.1. The Morgan fingerprint density at radius 1 is 1.14 bits per heavy atom. The quantitative estimate of drug-likeness (QED) is 0.720. The fraction of sp³-hybridized carbons (Fsp3) is 0.333. The number of carbonyl (C=O) groups excluding carboxylic acids is 1. The van der Waals surface area contributed by atoms with Gasteiger partial charge in [0.1, 0.15) is 6.10 Å². The van der Waals surface area contributed by atoms with Gasteiger partial charge < -0.3 is 14.6 Å². The highest BCUT2D eigenvalue weighted by Gasteiger charge is 2.29. The molecule has 1 amide bonds. The highest BCUT2D eigenvalue weighted by molar-refractivity contribution is 5.83. The van der Waals surface area contributed by atoms with Crippen molar-refractivity contribution in [1.29, 1.82) is 0 Å². The molecule has 1 aliphatic rings. The monoisotopic (exact) mass is 390 g/mol. The second-order valence-corrected chi connectivity index (χ2v) is 7.84. The van der Waals surface area contributed by atoms with Crippen LogP contribution in [0.5, 0.6) is 0 Å². The van der Waals surface area contributed by atoms with Crippen LogP contribution in [0.25, 0.3) is 10.9 Å². The number of aromatic amines is 1. The van der Waals surface area contributed by atoms with Gasteiger partial charge in [0.2, 0.25) is 0 Å². The van der Waals surface area contributed by atoms with Crippen molar-refractivity contribution in [3.05, 3.63) is 81.1 Å². The maximum Gasteiger partial charge on any atom is 0.253 e. The van der Waals surface area contributed by atoms with Crippen LogP contribution in [-0.2, 0) is 22.6 Å². The van der Waals surface area contributed by atoms with Crippen molar-refractivity contribution in [2.24, 2.45) is 0 Å². The Morgan fingerprint density at radius 2 is 1.93 bits per heavy atom. The molecular weight excluding hydrogens is 364 g/mol. The lowest BCUT2D eigenvalue weighted by Crippen LogP contribution is -2.39. The van der Waals surface area contributed by atoms with Gasteiger partial charge >= 0.3 is 0 Å². The zero-order valence-electron chi connectivity index (χ0n) is 16.9. The highest BCUT2D eigenvalue weighted by Crippen LogP contribution is 2.20. The second kappa shape index (κ2) is 8.21. The number of benzene rings is 2. The highest BCUT2D eigenvalue weighted by atomic mass is 16.5. The van der Waals surface area contributed by atoms with Crippen molar-refractivity contribution in [2.45, 2.75) is 45.9 Å². The van der Waals surface area contributed by atoms with E-state index in [-0.39, 0.29) is 18.0 Å². The van der Waals surface area contributed by atoms with E-state index >= 15 is 0 Å². The Labute approximate surface area is 170 Å². The first-order chi connectivity index (χ1) is 14.0. The summed E-state index contributed by atoms with van der Waals surface area (Å²) in [6, 6.07) is 16.0. The van der Waals surface area contributed by atoms with Crippen molar-refractivity contribution in [2.75, 3.05) is 6.61 Å². The number of aryl methyl sites for hydroxylation is 2. The minimum atomic E-state index is -0.415. The lowest BCUT2D eigenvalue weighted by molar-refractivity contribution is -0.142. The lowest BCUT2D eigenvalue weighted by Gasteiger charge is -2.25. The maximum absolute atomic E-state index is 13.1. The molecule has 0 aliphatic carbocycles. The number of aromatic nitrogens is 1. The summed E-state index contributed by atoms with van der Waals surface area (Å²) in [4.78, 5) is 30.6. The van der Waals surface area contributed by atoms with Gasteiger partial charge in [-0.1, -0.05) is 48.0 Å². The summed E-state index contributed by atoms with van der Waals surface area (Å²) in [5, 5.41) is 0.972. The Balaban J connectivity index is 1.66. The largest absolute Gasteiger partial charge is 0.368 e. The molecule has 0 saturated carbocycles. The SMILES string of the molecule is Cc1ccc(CN(Cc2cc3cccc(C)c3[nH]c2=O)C(=O)[C@@H]2CCCO2)cc1. The zero-order chi connectivity index (χ0) is 20.4. The number of rotatable bonds is 5. The molecule has 0 bridgehead atoms. The third kappa shape index (κ3) is 4.25. The Bertz CT molecular complexity index is 1080. The molecular formula is C24H26N2O3. The fourth-order valence-corrected chi connectivity index (χ4v) is 3.85. The molecule has 1 aliphatic heterocycles. The van der Waals surface area contributed by atoms with Gasteiger partial charge in [-0.3, -0.25) is 9.59 Å². The van der Waals surface area contributed by atoms with E-state index in [1.807, 2.05) is 62.4 Å². The molecule has 0 unspecified atom stereocenters. The van der Waals surface area contributed by atoms with E-state index in [1.54, 1.807) is 4.90 Å². The standard InChI is InChI=1S/C24H26N2O3/c1-16-8-10-18(11-9-16)14-26(24(28)21-7-4-12-29-21)15-20-13-19-6-3-5-17(2)22(19)25-23(20)27/h3,5-6,8-11,13,21H,4,7,12,14-15H2,1-2H3,(H,25,27)/t21-/m0/s1. The second-order valence-electron chi connectivity index (χ2n) is 7.84. The van der Waals surface area contributed by atoms with E-state index < -0.39 is 6.10 Å². The number of nitrogens with zero attached hydrogens (tertiary/aromatic N) is 1. The number of ether oxygens (including phenoxy) is 1. The number of H-pyrrole nitrogens is 1. The summed E-state index contributed by atoms with van der Waals surface area (Å²) in [6.07, 6.45) is 1.21. The van der Waals surface area contributed by atoms with Gasteiger partial charge in [0, 0.05) is 18.7 Å². The third-order valence-electron chi connectivity index (χ3n) is 5.54. The van der Waals surface area contributed by atoms with Crippen molar-refractivity contribution >= 4 is 16.8 Å². The molecule has 1 fully saturated rings. The average Bonchev–Trinajstić information content (AvgIpc) is 3.25. The van der Waals surface area contributed by atoms with Crippen LogP contribution in [0.15, 0.2) is 53.3 Å². The summed E-state index contributed by atoms with van der Waals surface area (Å²) < 4.78 is 5.63. The fourth-order valence-electron chi connectivity index (χ4n) is 3.85. The molecule has 2 aromatic carbocycles. The van der Waals surface area contributed by atoms with E-state index in [0.717, 1.165) is 34.9 Å². The molecule has 150 valence electrons. The molecule has 0 radical (unpaired) electrons. The number of hydrogen-bond acceptors (Lipinski definition) is 3. The molecule has 1 aromatic heterocycles. The summed E-state index contributed by atoms with van der Waals surface area (Å²) in [5.74, 6) is -0.0492. The number of hydrogen-bond donors (Lipinski definition) is 1. The number of pyridine rings is 1. The van der Waals surface area contributed by atoms with Gasteiger partial charge in [-0.05, 0) is 49.3 Å². The molecule has 1 atom stereocenters. The van der Waals surface area contributed by atoms with Gasteiger partial charge in [0.25, 0.3) is 11.5 Å². The van der Waals surface area contributed by atoms with Gasteiger partial charge in [-0.15, -0.1) is 0 Å². The Hall–Kier alpha value is -2.92. The lowest BCUT2D eigenvalue weighted by atomic mass is 10.1. The van der Waals surface area contributed by atoms with Gasteiger partial charge in [-0.25, -0.2) is 0 Å². The predicted octanol–water partition coefficient (Wildman–Crippen LogP) is 3.85. The molecule has 29 heavy (non-hydrogen) atoms. The molecule has 2 heterocycles. The van der Waals surface area contributed by atoms with Crippen LogP contribution >= 0.6 is 0 Å². The molecule has 5 heteroatoms. The average molecular weight is 390 g/mol. The van der Waals surface area contributed by atoms with Crippen molar-refractivity contribution in [3.63, 3.8) is 0 Å². The number of para-hydroxylation sites is 1. The summed E-state index contributed by atoms with van der Waals surface area (Å²) in [5.41, 5.74) is 4.51. The third-order valence-corrected chi connectivity index (χ3v) is 5.54. The van der Waals surface area contributed by atoms with Gasteiger partial charge in [-0.2, -0.15) is 0 Å². The van der Waals surface area contributed by atoms with Gasteiger partial charge in [0.15, 0.2) is 0 Å². The predicted molar refractivity (Wildman–Crippen MR) is 114 cm³/mol. The molecule has 1 N–H and O–H groups in total. The first kappa shape index (κ1) is 19.4. The number of fused-ring (bicyclic) bond motifs is 1. The topological polar surface area (TPSA) is 62.4 Å². The molecule has 3 aromatic rings. The van der Waals surface area contributed by atoms with Gasteiger partial charge in [0.05, 0.1) is 12.1 Å². The van der Waals surface area contributed by atoms with Crippen LogP contribution in [0.1, 0.15) is 35.1 Å². The number of nitrogens with one attached hydrogen (secondary N) is 1. The van der Waals surface area contributed by atoms with E-state index in [4.69, 9.17) is 4.74 Å². The van der Waals surface area contributed by atoms with Crippen LogP contribution < -0.4 is 5.56 Å². The minimum absolute atomic E-state index is 0.0492. The first-order valence-electron chi connectivity index (χ1n) is 10.1. The molecule has 5 nitrogen and oxygen atoms in total. The van der Waals surface area contributed by atoms with E-state index in [1.165, 1.54) is 5.56 Å². The van der Waals surface area contributed by atoms with Crippen LogP contribution in [-0.4, -0.2) is 28.5 Å². The summed E-state index contributed by atoms with van der Waals surface area (Å²) in [6.45, 7) is 5.33.